The molecule has 0 saturated heterocycles. The van der Waals surface area contributed by atoms with Crippen LogP contribution in [0.4, 0.5) is 13.2 Å². The number of amides is 1. The Labute approximate surface area is 181 Å². The highest BCUT2D eigenvalue weighted by molar-refractivity contribution is 5.94. The Bertz CT molecular complexity index is 1000. The standard InChI is InChI=1S/C18H18F3N7O2.ClH/c19-18(20,21)15-8-12(4-5-22)9-16(25-15)30-14-3-1-2-13(10-14)17(29)23-6-7-28-11-24-26-27-28;/h1-3,8-11H,4-7,22H2,(H,23,29);1H. The van der Waals surface area contributed by atoms with Crippen LogP contribution in [-0.4, -0.2) is 44.2 Å². The number of nitrogens with one attached hydrogen (secondary N) is 1. The molecule has 31 heavy (non-hydrogen) atoms. The van der Waals surface area contributed by atoms with E-state index >= 15 is 0 Å². The molecule has 3 N–H and O–H groups in total. The van der Waals surface area contributed by atoms with Crippen molar-refractivity contribution in [3.8, 4) is 11.6 Å². The number of hydrogen-bond acceptors (Lipinski definition) is 7. The van der Waals surface area contributed by atoms with E-state index in [1.54, 1.807) is 12.1 Å². The van der Waals surface area contributed by atoms with Crippen LogP contribution in [0.15, 0.2) is 42.7 Å². The van der Waals surface area contributed by atoms with Crippen LogP contribution in [0.1, 0.15) is 21.6 Å². The minimum Gasteiger partial charge on any atom is -0.439 e. The van der Waals surface area contributed by atoms with Crippen molar-refractivity contribution < 1.29 is 22.7 Å². The van der Waals surface area contributed by atoms with E-state index in [1.807, 2.05) is 0 Å². The maximum atomic E-state index is 13.1. The molecule has 0 bridgehead atoms. The molecule has 0 unspecified atom stereocenters. The van der Waals surface area contributed by atoms with E-state index in [4.69, 9.17) is 10.5 Å². The molecule has 1 amide bonds. The molecule has 3 rings (SSSR count). The van der Waals surface area contributed by atoms with Gasteiger partial charge in [0.15, 0.2) is 0 Å². The van der Waals surface area contributed by atoms with Gasteiger partial charge in [-0.3, -0.25) is 4.79 Å². The van der Waals surface area contributed by atoms with Crippen LogP contribution in [0.25, 0.3) is 0 Å². The average molecular weight is 458 g/mol. The highest BCUT2D eigenvalue weighted by atomic mass is 35.5. The SMILES string of the molecule is Cl.NCCc1cc(Oc2cccc(C(=O)NCCn3cnnn3)c2)nc(C(F)(F)F)c1. The molecular weight excluding hydrogens is 439 g/mol. The predicted molar refractivity (Wildman–Crippen MR) is 106 cm³/mol. The maximum Gasteiger partial charge on any atom is 0.433 e. The molecule has 0 aliphatic rings. The fraction of sp³-hybridized carbons (Fsp3) is 0.278. The van der Waals surface area contributed by atoms with Gasteiger partial charge in [-0.05, 0) is 53.2 Å². The first-order chi connectivity index (χ1) is 14.3. The first-order valence-corrected chi connectivity index (χ1v) is 8.90. The van der Waals surface area contributed by atoms with Crippen LogP contribution in [0.2, 0.25) is 0 Å². The number of carbonyl (C=O) groups excluding carboxylic acids is 1. The van der Waals surface area contributed by atoms with Crippen molar-refractivity contribution in [2.24, 2.45) is 5.73 Å². The molecule has 166 valence electrons. The zero-order valence-corrected chi connectivity index (χ0v) is 16.9. The zero-order valence-electron chi connectivity index (χ0n) is 16.0. The van der Waals surface area contributed by atoms with E-state index < -0.39 is 11.9 Å². The van der Waals surface area contributed by atoms with Gasteiger partial charge >= 0.3 is 6.18 Å². The molecule has 0 aliphatic carbocycles. The zero-order chi connectivity index (χ0) is 21.6. The molecule has 3 aromatic rings. The van der Waals surface area contributed by atoms with Crippen molar-refractivity contribution in [3.63, 3.8) is 0 Å². The summed E-state index contributed by atoms with van der Waals surface area (Å²) in [4.78, 5) is 15.8. The number of halogens is 4. The number of tetrazole rings is 1. The summed E-state index contributed by atoms with van der Waals surface area (Å²) in [5.41, 5.74) is 5.01. The van der Waals surface area contributed by atoms with E-state index in [1.165, 1.54) is 29.2 Å². The Morgan fingerprint density at radius 2 is 2.03 bits per heavy atom. The van der Waals surface area contributed by atoms with Gasteiger partial charge in [-0.15, -0.1) is 17.5 Å². The van der Waals surface area contributed by atoms with E-state index in [0.29, 0.717) is 12.1 Å². The largest absolute Gasteiger partial charge is 0.439 e. The lowest BCUT2D eigenvalue weighted by Crippen LogP contribution is -2.27. The van der Waals surface area contributed by atoms with E-state index in [-0.39, 0.29) is 55.0 Å². The van der Waals surface area contributed by atoms with Crippen molar-refractivity contribution >= 4 is 18.3 Å². The smallest absolute Gasteiger partial charge is 0.433 e. The summed E-state index contributed by atoms with van der Waals surface area (Å²) in [7, 11) is 0. The van der Waals surface area contributed by atoms with Crippen LogP contribution in [0, 0.1) is 0 Å². The number of nitrogens with zero attached hydrogens (tertiary/aromatic N) is 5. The Kier molecular flexibility index (Phi) is 8.28. The molecule has 0 aliphatic heterocycles. The number of carbonyl (C=O) groups is 1. The van der Waals surface area contributed by atoms with Crippen LogP contribution < -0.4 is 15.8 Å². The number of ether oxygens (including phenoxy) is 1. The second-order valence-corrected chi connectivity index (χ2v) is 6.19. The molecule has 0 spiro atoms. The summed E-state index contributed by atoms with van der Waals surface area (Å²) in [5.74, 6) is -0.437. The first-order valence-electron chi connectivity index (χ1n) is 8.90. The number of alkyl halides is 3. The third kappa shape index (κ3) is 6.89. The van der Waals surface area contributed by atoms with Crippen molar-refractivity contribution in [1.82, 2.24) is 30.5 Å². The topological polar surface area (TPSA) is 121 Å². The van der Waals surface area contributed by atoms with Gasteiger partial charge in [-0.1, -0.05) is 6.07 Å². The number of rotatable bonds is 8. The van der Waals surface area contributed by atoms with Crippen molar-refractivity contribution in [1.29, 1.82) is 0 Å². The number of aromatic nitrogens is 5. The van der Waals surface area contributed by atoms with Crippen molar-refractivity contribution in [2.45, 2.75) is 19.1 Å². The monoisotopic (exact) mass is 457 g/mol. The third-order valence-electron chi connectivity index (χ3n) is 3.92. The quantitative estimate of drug-likeness (QED) is 0.532. The molecule has 0 fully saturated rings. The Morgan fingerprint density at radius 3 is 2.71 bits per heavy atom. The minimum absolute atomic E-state index is 0. The van der Waals surface area contributed by atoms with Crippen LogP contribution >= 0.6 is 12.4 Å². The predicted octanol–water partition coefficient (Wildman–Crippen LogP) is 2.23. The van der Waals surface area contributed by atoms with Gasteiger partial charge in [0.1, 0.15) is 17.8 Å². The Morgan fingerprint density at radius 1 is 1.23 bits per heavy atom. The van der Waals surface area contributed by atoms with Gasteiger partial charge in [0.05, 0.1) is 6.54 Å². The number of hydrogen-bond donors (Lipinski definition) is 2. The molecular formula is C18H19ClF3N7O2. The number of pyridine rings is 1. The molecule has 13 heteroatoms. The first kappa shape index (κ1) is 24.0. The molecule has 2 aromatic heterocycles. The molecule has 0 atom stereocenters. The summed E-state index contributed by atoms with van der Waals surface area (Å²) in [6.45, 7) is 0.848. The maximum absolute atomic E-state index is 13.1. The van der Waals surface area contributed by atoms with Crippen molar-refractivity contribution in [2.75, 3.05) is 13.1 Å². The van der Waals surface area contributed by atoms with Gasteiger partial charge in [-0.2, -0.15) is 13.2 Å². The van der Waals surface area contributed by atoms with E-state index in [9.17, 15) is 18.0 Å². The highest BCUT2D eigenvalue weighted by Crippen LogP contribution is 2.31. The van der Waals surface area contributed by atoms with Gasteiger partial charge in [0.25, 0.3) is 5.91 Å². The summed E-state index contributed by atoms with van der Waals surface area (Å²) in [6, 6.07) is 8.37. The van der Waals surface area contributed by atoms with E-state index in [0.717, 1.165) is 6.07 Å². The Hall–Kier alpha value is -3.25. The summed E-state index contributed by atoms with van der Waals surface area (Å²) >= 11 is 0. The molecule has 9 nitrogen and oxygen atoms in total. The summed E-state index contributed by atoms with van der Waals surface area (Å²) in [6.07, 6.45) is -2.96. The van der Waals surface area contributed by atoms with Gasteiger partial charge < -0.3 is 15.8 Å². The lowest BCUT2D eigenvalue weighted by Gasteiger charge is -2.12. The van der Waals surface area contributed by atoms with Gasteiger partial charge in [0.2, 0.25) is 5.88 Å². The second kappa shape index (κ2) is 10.7. The molecule has 1 aromatic carbocycles. The second-order valence-electron chi connectivity index (χ2n) is 6.19. The van der Waals surface area contributed by atoms with Crippen LogP contribution in [-0.2, 0) is 19.1 Å². The van der Waals surface area contributed by atoms with Crippen LogP contribution in [0.3, 0.4) is 0 Å². The minimum atomic E-state index is -4.62. The lowest BCUT2D eigenvalue weighted by molar-refractivity contribution is -0.141. The van der Waals surface area contributed by atoms with Crippen LogP contribution in [0.5, 0.6) is 11.6 Å². The fourth-order valence-corrected chi connectivity index (χ4v) is 2.56. The average Bonchev–Trinajstić information content (AvgIpc) is 3.21. The van der Waals surface area contributed by atoms with Gasteiger partial charge in [0, 0.05) is 18.2 Å². The lowest BCUT2D eigenvalue weighted by atomic mass is 10.1. The van der Waals surface area contributed by atoms with Gasteiger partial charge in [-0.25, -0.2) is 9.67 Å². The number of benzene rings is 1. The normalized spacial score (nSPS) is 11.0. The highest BCUT2D eigenvalue weighted by Gasteiger charge is 2.33. The molecule has 0 saturated carbocycles. The Balaban J connectivity index is 0.00000341. The third-order valence-corrected chi connectivity index (χ3v) is 3.92. The summed E-state index contributed by atoms with van der Waals surface area (Å²) < 4.78 is 46.3. The van der Waals surface area contributed by atoms with E-state index in [2.05, 4.69) is 25.8 Å². The summed E-state index contributed by atoms with van der Waals surface area (Å²) in [5, 5.41) is 13.4. The number of nitrogens with two attached hydrogens (primary N) is 1. The molecule has 0 radical (unpaired) electrons. The fourth-order valence-electron chi connectivity index (χ4n) is 2.56. The molecule has 2 heterocycles. The van der Waals surface area contributed by atoms with Crippen molar-refractivity contribution in [3.05, 3.63) is 59.5 Å².